The highest BCUT2D eigenvalue weighted by Gasteiger charge is 2.12. The van der Waals surface area contributed by atoms with Crippen LogP contribution in [-0.2, 0) is 4.79 Å². The molecule has 0 unspecified atom stereocenters. The van der Waals surface area contributed by atoms with Crippen molar-refractivity contribution in [2.24, 2.45) is 0 Å². The van der Waals surface area contributed by atoms with Gasteiger partial charge in [-0.15, -0.1) is 10.2 Å². The smallest absolute Gasteiger partial charge is 0.234 e. The number of hydrogen-bond donors (Lipinski definition) is 1. The number of aromatic nitrogens is 4. The second-order valence-corrected chi connectivity index (χ2v) is 7.94. The van der Waals surface area contributed by atoms with Crippen LogP contribution >= 0.6 is 23.4 Å². The van der Waals surface area contributed by atoms with Crippen LogP contribution in [0.5, 0.6) is 5.75 Å². The second kappa shape index (κ2) is 8.73. The van der Waals surface area contributed by atoms with Crippen LogP contribution in [0.2, 0.25) is 5.02 Å². The van der Waals surface area contributed by atoms with E-state index in [9.17, 15) is 4.79 Å². The highest BCUT2D eigenvalue weighted by Crippen LogP contribution is 2.28. The largest absolute Gasteiger partial charge is 0.495 e. The van der Waals surface area contributed by atoms with E-state index >= 15 is 0 Å². The molecule has 2 aromatic heterocycles. The molecule has 30 heavy (non-hydrogen) atoms. The number of carbonyl (C=O) groups excluding carboxylic acids is 1. The molecule has 1 amide bonds. The number of ether oxygens (including phenoxy) is 1. The highest BCUT2D eigenvalue weighted by molar-refractivity contribution is 7.99. The van der Waals surface area contributed by atoms with Crippen LogP contribution in [0.1, 0.15) is 5.56 Å². The number of fused-ring (bicyclic) bond motifs is 1. The molecule has 1 N–H and O–H groups in total. The summed E-state index contributed by atoms with van der Waals surface area (Å²) in [6, 6.07) is 16.7. The van der Waals surface area contributed by atoms with Crippen molar-refractivity contribution in [3.63, 3.8) is 0 Å². The second-order valence-electron chi connectivity index (χ2n) is 6.51. The predicted molar refractivity (Wildman–Crippen MR) is 118 cm³/mol. The number of nitrogens with zero attached hydrogens (tertiary/aromatic N) is 4. The van der Waals surface area contributed by atoms with Gasteiger partial charge in [-0.25, -0.2) is 0 Å². The van der Waals surface area contributed by atoms with E-state index < -0.39 is 0 Å². The van der Waals surface area contributed by atoms with Crippen LogP contribution in [0.4, 0.5) is 5.69 Å². The van der Waals surface area contributed by atoms with Gasteiger partial charge in [-0.05, 0) is 37.3 Å². The van der Waals surface area contributed by atoms with Crippen LogP contribution in [0.3, 0.4) is 0 Å². The zero-order valence-corrected chi connectivity index (χ0v) is 17.9. The molecule has 0 fully saturated rings. The molecule has 0 saturated heterocycles. The van der Waals surface area contributed by atoms with Gasteiger partial charge in [0.05, 0.1) is 18.6 Å². The van der Waals surface area contributed by atoms with Gasteiger partial charge in [-0.3, -0.25) is 4.79 Å². The average Bonchev–Trinajstić information content (AvgIpc) is 3.16. The molecule has 0 spiro atoms. The topological polar surface area (TPSA) is 81.4 Å². The first-order chi connectivity index (χ1) is 14.5. The standard InChI is InChI=1S/C21H18ClN5O2S/c1-13-3-5-14(6-4-13)21-25-24-18-9-10-20(26-27(18)21)30-12-19(28)23-16-11-15(22)7-8-17(16)29-2/h3-11H,12H2,1-2H3,(H,23,28). The van der Waals surface area contributed by atoms with E-state index in [1.165, 1.54) is 24.4 Å². The highest BCUT2D eigenvalue weighted by atomic mass is 35.5. The number of aryl methyl sites for hydroxylation is 1. The Bertz CT molecular complexity index is 1210. The maximum atomic E-state index is 12.4. The third-order valence-corrected chi connectivity index (χ3v) is 5.49. The fraction of sp³-hybridized carbons (Fsp3) is 0.143. The van der Waals surface area contributed by atoms with Crippen molar-refractivity contribution in [3.8, 4) is 17.1 Å². The number of amides is 1. The summed E-state index contributed by atoms with van der Waals surface area (Å²) in [6.45, 7) is 2.03. The van der Waals surface area contributed by atoms with Crippen LogP contribution in [0.15, 0.2) is 59.6 Å². The number of anilines is 1. The van der Waals surface area contributed by atoms with Crippen molar-refractivity contribution in [2.45, 2.75) is 11.9 Å². The van der Waals surface area contributed by atoms with Gasteiger partial charge in [-0.1, -0.05) is 53.2 Å². The number of thioether (sulfide) groups is 1. The third-order valence-electron chi connectivity index (χ3n) is 4.33. The minimum atomic E-state index is -0.190. The minimum absolute atomic E-state index is 0.177. The van der Waals surface area contributed by atoms with Crippen molar-refractivity contribution < 1.29 is 9.53 Å². The third kappa shape index (κ3) is 4.39. The predicted octanol–water partition coefficient (Wildman–Crippen LogP) is 4.49. The van der Waals surface area contributed by atoms with E-state index in [1.54, 1.807) is 22.7 Å². The number of halogens is 1. The molecule has 0 aliphatic carbocycles. The molecule has 4 aromatic rings. The summed E-state index contributed by atoms with van der Waals surface area (Å²) in [6.07, 6.45) is 0. The zero-order chi connectivity index (χ0) is 21.1. The van der Waals surface area contributed by atoms with Crippen LogP contribution < -0.4 is 10.1 Å². The Morgan fingerprint density at radius 3 is 2.70 bits per heavy atom. The molecular weight excluding hydrogens is 422 g/mol. The Balaban J connectivity index is 1.49. The first-order valence-electron chi connectivity index (χ1n) is 9.09. The Morgan fingerprint density at radius 1 is 1.13 bits per heavy atom. The van der Waals surface area contributed by atoms with Gasteiger partial charge in [-0.2, -0.15) is 9.61 Å². The molecule has 0 aliphatic heterocycles. The van der Waals surface area contributed by atoms with Crippen molar-refractivity contribution in [2.75, 3.05) is 18.2 Å². The molecule has 7 nitrogen and oxygen atoms in total. The molecule has 2 heterocycles. The lowest BCUT2D eigenvalue weighted by Crippen LogP contribution is -2.15. The fourth-order valence-corrected chi connectivity index (χ4v) is 3.66. The maximum absolute atomic E-state index is 12.4. The molecule has 0 saturated carbocycles. The van der Waals surface area contributed by atoms with Gasteiger partial charge in [0, 0.05) is 10.6 Å². The lowest BCUT2D eigenvalue weighted by Gasteiger charge is -2.10. The summed E-state index contributed by atoms with van der Waals surface area (Å²) in [4.78, 5) is 12.4. The first-order valence-corrected chi connectivity index (χ1v) is 10.5. The van der Waals surface area contributed by atoms with E-state index in [0.717, 1.165) is 5.56 Å². The number of benzene rings is 2. The number of carbonyl (C=O) groups is 1. The van der Waals surface area contributed by atoms with E-state index in [2.05, 4.69) is 20.6 Å². The first kappa shape index (κ1) is 20.2. The van der Waals surface area contributed by atoms with Gasteiger partial charge in [0.1, 0.15) is 10.8 Å². The van der Waals surface area contributed by atoms with Crippen molar-refractivity contribution in [3.05, 3.63) is 65.2 Å². The van der Waals surface area contributed by atoms with E-state index in [4.69, 9.17) is 16.3 Å². The van der Waals surface area contributed by atoms with Crippen molar-refractivity contribution in [1.82, 2.24) is 19.8 Å². The summed E-state index contributed by atoms with van der Waals surface area (Å²) in [5, 5.41) is 17.0. The Labute approximate surface area is 182 Å². The zero-order valence-electron chi connectivity index (χ0n) is 16.3. The molecule has 2 aromatic carbocycles. The molecule has 0 bridgehead atoms. The van der Waals surface area contributed by atoms with Crippen molar-refractivity contribution in [1.29, 1.82) is 0 Å². The van der Waals surface area contributed by atoms with E-state index in [1.807, 2.05) is 43.3 Å². The molecule has 0 radical (unpaired) electrons. The average molecular weight is 440 g/mol. The normalized spacial score (nSPS) is 10.9. The molecule has 4 rings (SSSR count). The van der Waals surface area contributed by atoms with Gasteiger partial charge in [0.15, 0.2) is 11.5 Å². The Hall–Kier alpha value is -3.10. The number of rotatable bonds is 6. The lowest BCUT2D eigenvalue weighted by atomic mass is 10.1. The number of nitrogens with one attached hydrogen (secondary N) is 1. The van der Waals surface area contributed by atoms with Gasteiger partial charge < -0.3 is 10.1 Å². The fourth-order valence-electron chi connectivity index (χ4n) is 2.84. The summed E-state index contributed by atoms with van der Waals surface area (Å²) in [5.74, 6) is 1.19. The van der Waals surface area contributed by atoms with Gasteiger partial charge in [0.2, 0.25) is 5.91 Å². The molecule has 9 heteroatoms. The summed E-state index contributed by atoms with van der Waals surface area (Å²) in [7, 11) is 1.54. The molecule has 0 atom stereocenters. The minimum Gasteiger partial charge on any atom is -0.495 e. The lowest BCUT2D eigenvalue weighted by molar-refractivity contribution is -0.113. The van der Waals surface area contributed by atoms with Gasteiger partial charge in [0.25, 0.3) is 0 Å². The summed E-state index contributed by atoms with van der Waals surface area (Å²) < 4.78 is 6.94. The van der Waals surface area contributed by atoms with Crippen LogP contribution in [-0.4, -0.2) is 38.6 Å². The summed E-state index contributed by atoms with van der Waals surface area (Å²) >= 11 is 7.33. The Kier molecular flexibility index (Phi) is 5.87. The number of methoxy groups -OCH3 is 1. The Morgan fingerprint density at radius 2 is 1.93 bits per heavy atom. The molecule has 0 aliphatic rings. The van der Waals surface area contributed by atoms with E-state index in [0.29, 0.717) is 33.0 Å². The molecular formula is C21H18ClN5O2S. The molecule has 152 valence electrons. The summed E-state index contributed by atoms with van der Waals surface area (Å²) in [5.41, 5.74) is 3.26. The van der Waals surface area contributed by atoms with E-state index in [-0.39, 0.29) is 11.7 Å². The van der Waals surface area contributed by atoms with Gasteiger partial charge >= 0.3 is 0 Å². The SMILES string of the molecule is COc1ccc(Cl)cc1NC(=O)CSc1ccc2nnc(-c3ccc(C)cc3)n2n1. The van der Waals surface area contributed by atoms with Crippen molar-refractivity contribution >= 4 is 40.6 Å². The maximum Gasteiger partial charge on any atom is 0.234 e. The number of hydrogen-bond acceptors (Lipinski definition) is 6. The monoisotopic (exact) mass is 439 g/mol. The van der Waals surface area contributed by atoms with Crippen LogP contribution in [0, 0.1) is 6.92 Å². The quantitative estimate of drug-likeness (QED) is 0.446. The van der Waals surface area contributed by atoms with Crippen LogP contribution in [0.25, 0.3) is 17.0 Å².